The molecule has 1 amide bonds. The van der Waals surface area contributed by atoms with E-state index in [1.807, 2.05) is 78.9 Å². The van der Waals surface area contributed by atoms with Gasteiger partial charge in [-0.1, -0.05) is 60.3 Å². The third-order valence-electron chi connectivity index (χ3n) is 3.94. The van der Waals surface area contributed by atoms with E-state index in [-0.39, 0.29) is 11.8 Å². The minimum Gasteiger partial charge on any atom is -0.457 e. The number of hydrogen-bond donors (Lipinski definition) is 0. The number of amidine groups is 1. The Labute approximate surface area is 156 Å². The predicted octanol–water partition coefficient (Wildman–Crippen LogP) is 4.79. The number of allylic oxidation sites excluding steroid dienone is 3. The van der Waals surface area contributed by atoms with Gasteiger partial charge in [-0.3, -0.25) is 4.79 Å². The molecule has 1 unspecified atom stereocenters. The summed E-state index contributed by atoms with van der Waals surface area (Å²) in [5, 5.41) is 0.510. The van der Waals surface area contributed by atoms with Crippen molar-refractivity contribution in [3.63, 3.8) is 0 Å². The van der Waals surface area contributed by atoms with Crippen LogP contribution < -0.4 is 4.74 Å². The van der Waals surface area contributed by atoms with Gasteiger partial charge in [0.2, 0.25) is 0 Å². The van der Waals surface area contributed by atoms with Crippen LogP contribution in [0.15, 0.2) is 88.9 Å². The summed E-state index contributed by atoms with van der Waals surface area (Å²) in [6, 6.07) is 17.6. The highest BCUT2D eigenvalue weighted by atomic mass is 32.2. The Balaban J connectivity index is 1.43. The van der Waals surface area contributed by atoms with Crippen molar-refractivity contribution >= 4 is 28.5 Å². The molecule has 2 aliphatic rings. The third kappa shape index (κ3) is 3.83. The number of para-hydroxylation sites is 1. The summed E-state index contributed by atoms with van der Waals surface area (Å²) in [4.78, 5) is 20.7. The lowest BCUT2D eigenvalue weighted by Crippen LogP contribution is -2.26. The summed E-state index contributed by atoms with van der Waals surface area (Å²) < 4.78 is 5.86. The Kier molecular flexibility index (Phi) is 4.80. The van der Waals surface area contributed by atoms with Gasteiger partial charge < -0.3 is 4.74 Å². The van der Waals surface area contributed by atoms with Gasteiger partial charge in [0.05, 0.1) is 5.71 Å². The first kappa shape index (κ1) is 16.5. The molecule has 5 heteroatoms. The molecule has 128 valence electrons. The smallest absolute Gasteiger partial charge is 0.261 e. The van der Waals surface area contributed by atoms with E-state index in [4.69, 9.17) is 4.74 Å². The van der Waals surface area contributed by atoms with Crippen molar-refractivity contribution in [2.24, 2.45) is 15.9 Å². The summed E-state index contributed by atoms with van der Waals surface area (Å²) in [5.41, 5.74) is 1.84. The Morgan fingerprint density at radius 2 is 1.81 bits per heavy atom. The molecular weight excluding hydrogens is 344 g/mol. The first-order chi connectivity index (χ1) is 12.8. The molecule has 0 aromatic heterocycles. The molecule has 0 saturated heterocycles. The van der Waals surface area contributed by atoms with Gasteiger partial charge >= 0.3 is 0 Å². The van der Waals surface area contributed by atoms with Crippen molar-refractivity contribution in [3.05, 3.63) is 84.5 Å². The van der Waals surface area contributed by atoms with Gasteiger partial charge in [-0.25, -0.2) is 4.99 Å². The first-order valence-electron chi connectivity index (χ1n) is 8.28. The van der Waals surface area contributed by atoms with Crippen molar-refractivity contribution in [1.82, 2.24) is 0 Å². The maximum Gasteiger partial charge on any atom is 0.261 e. The number of carbonyl (C=O) groups excluding carboxylic acids is 1. The van der Waals surface area contributed by atoms with Crippen molar-refractivity contribution < 1.29 is 9.53 Å². The van der Waals surface area contributed by atoms with Gasteiger partial charge in [-0.05, 0) is 35.9 Å². The lowest BCUT2D eigenvalue weighted by atomic mass is 9.97. The lowest BCUT2D eigenvalue weighted by Gasteiger charge is -2.17. The zero-order chi connectivity index (χ0) is 17.8. The zero-order valence-electron chi connectivity index (χ0n) is 13.9. The van der Waals surface area contributed by atoms with Crippen molar-refractivity contribution in [2.45, 2.75) is 5.75 Å². The Bertz CT molecular complexity index is 945. The van der Waals surface area contributed by atoms with Crippen LogP contribution in [-0.4, -0.2) is 16.8 Å². The van der Waals surface area contributed by atoms with E-state index in [0.29, 0.717) is 10.9 Å². The second-order valence-electron chi connectivity index (χ2n) is 5.84. The van der Waals surface area contributed by atoms with E-state index in [1.165, 1.54) is 11.8 Å². The summed E-state index contributed by atoms with van der Waals surface area (Å²) in [6.07, 6.45) is 7.44. The fourth-order valence-electron chi connectivity index (χ4n) is 2.68. The molecule has 2 aromatic rings. The normalized spacial score (nSPS) is 18.2. The molecule has 1 aliphatic carbocycles. The van der Waals surface area contributed by atoms with Crippen LogP contribution in [0.1, 0.15) is 5.56 Å². The number of hydrogen-bond acceptors (Lipinski definition) is 4. The molecule has 0 saturated carbocycles. The minimum absolute atomic E-state index is 0.153. The van der Waals surface area contributed by atoms with E-state index in [0.717, 1.165) is 22.8 Å². The summed E-state index contributed by atoms with van der Waals surface area (Å²) in [6.45, 7) is 0. The van der Waals surface area contributed by atoms with Crippen LogP contribution in [0.4, 0.5) is 0 Å². The first-order valence-corrected chi connectivity index (χ1v) is 9.27. The number of thioether (sulfide) groups is 1. The van der Waals surface area contributed by atoms with Crippen molar-refractivity contribution in [3.8, 4) is 11.5 Å². The zero-order valence-corrected chi connectivity index (χ0v) is 14.7. The van der Waals surface area contributed by atoms with E-state index < -0.39 is 0 Å². The highest BCUT2D eigenvalue weighted by Crippen LogP contribution is 2.26. The molecule has 4 nitrogen and oxygen atoms in total. The molecule has 0 bridgehead atoms. The van der Waals surface area contributed by atoms with Gasteiger partial charge in [0.1, 0.15) is 17.4 Å². The van der Waals surface area contributed by atoms with E-state index in [9.17, 15) is 4.79 Å². The number of aliphatic imine (C=N–C) groups is 2. The van der Waals surface area contributed by atoms with E-state index in [1.54, 1.807) is 0 Å². The van der Waals surface area contributed by atoms with Gasteiger partial charge in [0.15, 0.2) is 5.17 Å². The number of fused-ring (bicyclic) bond motifs is 1. The lowest BCUT2D eigenvalue weighted by molar-refractivity contribution is -0.118. The Morgan fingerprint density at radius 1 is 0.962 bits per heavy atom. The van der Waals surface area contributed by atoms with Crippen molar-refractivity contribution in [2.75, 3.05) is 0 Å². The summed E-state index contributed by atoms with van der Waals surface area (Å²) in [7, 11) is 0. The van der Waals surface area contributed by atoms with Gasteiger partial charge in [-0.15, -0.1) is 0 Å². The number of amides is 1. The van der Waals surface area contributed by atoms with Crippen LogP contribution in [0, 0.1) is 5.92 Å². The quantitative estimate of drug-likeness (QED) is 0.787. The maximum absolute atomic E-state index is 12.1. The van der Waals surface area contributed by atoms with Gasteiger partial charge in [-0.2, -0.15) is 4.99 Å². The Hall–Kier alpha value is -2.92. The van der Waals surface area contributed by atoms with Gasteiger partial charge in [0.25, 0.3) is 5.91 Å². The molecule has 26 heavy (non-hydrogen) atoms. The van der Waals surface area contributed by atoms with Crippen LogP contribution in [-0.2, 0) is 10.5 Å². The van der Waals surface area contributed by atoms with Gasteiger partial charge in [0, 0.05) is 5.75 Å². The topological polar surface area (TPSA) is 51.0 Å². The third-order valence-corrected chi connectivity index (χ3v) is 4.86. The number of nitrogens with zero attached hydrogens (tertiary/aromatic N) is 2. The molecular formula is C21H16N2O2S. The SMILES string of the molecule is O=C1N=C(SCc2cccc(Oc3ccccc3)c2)N=C2C=CC=CC12. The highest BCUT2D eigenvalue weighted by molar-refractivity contribution is 8.13. The Morgan fingerprint density at radius 3 is 2.69 bits per heavy atom. The average Bonchev–Trinajstić information content (AvgIpc) is 2.68. The molecule has 2 aromatic carbocycles. The fraction of sp³-hybridized carbons (Fsp3) is 0.0952. The summed E-state index contributed by atoms with van der Waals surface area (Å²) in [5.74, 6) is 1.77. The molecule has 0 radical (unpaired) electrons. The van der Waals surface area contributed by atoms with Crippen LogP contribution in [0.2, 0.25) is 0 Å². The maximum atomic E-state index is 12.1. The molecule has 4 rings (SSSR count). The molecule has 0 spiro atoms. The minimum atomic E-state index is -0.327. The number of carbonyl (C=O) groups is 1. The molecule has 1 aliphatic heterocycles. The summed E-state index contributed by atoms with van der Waals surface area (Å²) >= 11 is 1.45. The fourth-order valence-corrected chi connectivity index (χ4v) is 3.48. The average molecular weight is 360 g/mol. The number of benzene rings is 2. The number of ether oxygens (including phenoxy) is 1. The molecule has 1 atom stereocenters. The molecule has 0 fully saturated rings. The number of rotatable bonds is 4. The second-order valence-corrected chi connectivity index (χ2v) is 6.78. The predicted molar refractivity (Wildman–Crippen MR) is 106 cm³/mol. The standard InChI is InChI=1S/C21H16N2O2S/c24-20-18-11-4-5-12-19(18)22-21(23-20)26-14-15-7-6-10-17(13-15)25-16-8-2-1-3-9-16/h1-13,18H,14H2. The van der Waals surface area contributed by atoms with Crippen LogP contribution in [0.3, 0.4) is 0 Å². The van der Waals surface area contributed by atoms with E-state index >= 15 is 0 Å². The second kappa shape index (κ2) is 7.54. The van der Waals surface area contributed by atoms with Crippen LogP contribution in [0.25, 0.3) is 0 Å². The largest absolute Gasteiger partial charge is 0.457 e. The monoisotopic (exact) mass is 360 g/mol. The highest BCUT2D eigenvalue weighted by Gasteiger charge is 2.26. The van der Waals surface area contributed by atoms with Crippen LogP contribution >= 0.6 is 11.8 Å². The molecule has 1 heterocycles. The van der Waals surface area contributed by atoms with Crippen LogP contribution in [0.5, 0.6) is 11.5 Å². The molecule has 0 N–H and O–H groups in total. The van der Waals surface area contributed by atoms with E-state index in [2.05, 4.69) is 9.98 Å². The van der Waals surface area contributed by atoms with Crippen molar-refractivity contribution in [1.29, 1.82) is 0 Å².